The van der Waals surface area contributed by atoms with Crippen molar-refractivity contribution in [2.45, 2.75) is 99.7 Å². The van der Waals surface area contributed by atoms with Gasteiger partial charge in [0.2, 0.25) is 5.76 Å². The van der Waals surface area contributed by atoms with Gasteiger partial charge in [-0.25, -0.2) is 0 Å². The van der Waals surface area contributed by atoms with Gasteiger partial charge in [-0.2, -0.15) is 0 Å². The first-order valence-corrected chi connectivity index (χ1v) is 14.0. The van der Waals surface area contributed by atoms with Crippen molar-refractivity contribution >= 4 is 17.7 Å². The van der Waals surface area contributed by atoms with Crippen LogP contribution in [-0.4, -0.2) is 42.1 Å². The molecule has 1 amide bonds. The Balaban J connectivity index is 1.30. The molecule has 0 aromatic carbocycles. The molecule has 178 valence electrons. The van der Waals surface area contributed by atoms with Gasteiger partial charge in [0.25, 0.3) is 11.8 Å². The van der Waals surface area contributed by atoms with Crippen molar-refractivity contribution in [3.8, 4) is 5.88 Å². The van der Waals surface area contributed by atoms with Gasteiger partial charge in [-0.15, -0.1) is 11.8 Å². The first-order chi connectivity index (χ1) is 15.8. The number of aromatic nitrogens is 1. The van der Waals surface area contributed by atoms with E-state index in [0.717, 1.165) is 30.8 Å². The summed E-state index contributed by atoms with van der Waals surface area (Å²) in [6.07, 6.45) is 16.1. The highest BCUT2D eigenvalue weighted by Gasteiger charge is 2.38. The highest BCUT2D eigenvalue weighted by atomic mass is 32.2. The first-order valence-electron chi connectivity index (χ1n) is 13.1. The molecule has 7 heteroatoms. The Kier molecular flexibility index (Phi) is 7.63. The van der Waals surface area contributed by atoms with E-state index < -0.39 is 0 Å². The van der Waals surface area contributed by atoms with Crippen molar-refractivity contribution in [1.29, 1.82) is 0 Å². The molecule has 0 atom stereocenters. The van der Waals surface area contributed by atoms with Crippen molar-refractivity contribution in [3.05, 3.63) is 5.76 Å². The summed E-state index contributed by atoms with van der Waals surface area (Å²) in [6.45, 7) is 2.75. The lowest BCUT2D eigenvalue weighted by atomic mass is 9.68. The molecule has 1 aliphatic heterocycles. The topological polar surface area (TPSA) is 76.4 Å². The molecule has 2 heterocycles. The summed E-state index contributed by atoms with van der Waals surface area (Å²) >= 11 is 1.77. The number of piperidine rings is 1. The molecule has 6 nitrogen and oxygen atoms in total. The summed E-state index contributed by atoms with van der Waals surface area (Å²) < 4.78 is 11.9. The lowest BCUT2D eigenvalue weighted by Crippen LogP contribution is -2.49. The number of ether oxygens (including phenoxy) is 1. The predicted molar refractivity (Wildman–Crippen MR) is 126 cm³/mol. The molecule has 1 saturated heterocycles. The number of hydrogen-bond donors (Lipinski definition) is 2. The zero-order valence-corrected chi connectivity index (χ0v) is 20.1. The van der Waals surface area contributed by atoms with Crippen LogP contribution < -0.4 is 15.4 Å². The lowest BCUT2D eigenvalue weighted by molar-refractivity contribution is 0.0751. The van der Waals surface area contributed by atoms with Gasteiger partial charge in [-0.1, -0.05) is 32.1 Å². The number of thioether (sulfide) groups is 1. The lowest BCUT2D eigenvalue weighted by Gasteiger charge is -2.42. The maximum atomic E-state index is 13.4. The minimum Gasteiger partial charge on any atom is -0.474 e. The summed E-state index contributed by atoms with van der Waals surface area (Å²) in [7, 11) is 0. The minimum atomic E-state index is -0.0867. The molecule has 0 spiro atoms. The van der Waals surface area contributed by atoms with Crippen molar-refractivity contribution in [2.24, 2.45) is 17.8 Å². The van der Waals surface area contributed by atoms with Crippen LogP contribution in [0, 0.1) is 17.8 Å². The molecule has 5 rings (SSSR count). The van der Waals surface area contributed by atoms with E-state index in [4.69, 9.17) is 9.26 Å². The van der Waals surface area contributed by atoms with Crippen molar-refractivity contribution in [2.75, 3.05) is 19.7 Å². The monoisotopic (exact) mass is 461 g/mol. The quantitative estimate of drug-likeness (QED) is 0.583. The van der Waals surface area contributed by atoms with Crippen molar-refractivity contribution in [1.82, 2.24) is 15.8 Å². The van der Waals surface area contributed by atoms with Crippen molar-refractivity contribution in [3.63, 3.8) is 0 Å². The number of carbonyl (C=O) groups excluding carboxylic acids is 1. The Hall–Kier alpha value is -1.21. The van der Waals surface area contributed by atoms with Gasteiger partial charge in [0.05, 0.1) is 6.61 Å². The Morgan fingerprint density at radius 1 is 0.969 bits per heavy atom. The predicted octanol–water partition coefficient (Wildman–Crippen LogP) is 5.18. The fourth-order valence-corrected chi connectivity index (χ4v) is 7.67. The van der Waals surface area contributed by atoms with Gasteiger partial charge in [0.1, 0.15) is 4.90 Å². The second kappa shape index (κ2) is 10.8. The molecule has 3 saturated carbocycles. The number of carbonyl (C=O) groups is 1. The summed E-state index contributed by atoms with van der Waals surface area (Å²) in [5, 5.41) is 11.6. The van der Waals surface area contributed by atoms with Crippen LogP contribution in [0.3, 0.4) is 0 Å². The molecule has 2 N–H and O–H groups in total. The fraction of sp³-hybridized carbons (Fsp3) is 0.840. The Morgan fingerprint density at radius 3 is 2.34 bits per heavy atom. The normalized spacial score (nSPS) is 29.6. The third-order valence-electron chi connectivity index (χ3n) is 8.19. The number of nitrogens with zero attached hydrogens (tertiary/aromatic N) is 1. The van der Waals surface area contributed by atoms with E-state index in [0.29, 0.717) is 47.3 Å². The maximum Gasteiger partial charge on any atom is 0.291 e. The third kappa shape index (κ3) is 5.30. The van der Waals surface area contributed by atoms with Gasteiger partial charge in [-0.3, -0.25) is 4.79 Å². The number of rotatable bonds is 7. The van der Waals surface area contributed by atoms with E-state index in [1.165, 1.54) is 70.6 Å². The Morgan fingerprint density at radius 2 is 1.66 bits per heavy atom. The van der Waals surface area contributed by atoms with Crippen LogP contribution in [0.2, 0.25) is 0 Å². The molecule has 3 aliphatic carbocycles. The van der Waals surface area contributed by atoms with Gasteiger partial charge in [0, 0.05) is 11.3 Å². The third-order valence-corrected chi connectivity index (χ3v) is 9.59. The summed E-state index contributed by atoms with van der Waals surface area (Å²) in [5.41, 5.74) is 0. The van der Waals surface area contributed by atoms with Gasteiger partial charge < -0.3 is 19.9 Å². The number of hydrogen-bond acceptors (Lipinski definition) is 6. The van der Waals surface area contributed by atoms with E-state index in [2.05, 4.69) is 15.8 Å². The number of fused-ring (bicyclic) bond motifs is 2. The zero-order valence-electron chi connectivity index (χ0n) is 19.3. The van der Waals surface area contributed by atoms with E-state index in [-0.39, 0.29) is 5.91 Å². The fourth-order valence-electron chi connectivity index (χ4n) is 6.33. The molecule has 0 unspecified atom stereocenters. The van der Waals surface area contributed by atoms with Gasteiger partial charge in [0.15, 0.2) is 0 Å². The molecule has 4 fully saturated rings. The molecule has 32 heavy (non-hydrogen) atoms. The van der Waals surface area contributed by atoms with E-state index >= 15 is 0 Å². The van der Waals surface area contributed by atoms with Crippen LogP contribution in [0.1, 0.15) is 94.0 Å². The van der Waals surface area contributed by atoms with Gasteiger partial charge >= 0.3 is 0 Å². The first kappa shape index (κ1) is 22.6. The average Bonchev–Trinajstić information content (AvgIpc) is 3.21. The number of nitrogens with one attached hydrogen (secondary N) is 2. The second-order valence-corrected chi connectivity index (χ2v) is 11.7. The summed E-state index contributed by atoms with van der Waals surface area (Å²) in [6, 6.07) is 0.293. The second-order valence-electron chi connectivity index (χ2n) is 10.4. The smallest absolute Gasteiger partial charge is 0.291 e. The molecular weight excluding hydrogens is 422 g/mol. The van der Waals surface area contributed by atoms with Crippen LogP contribution in [0.25, 0.3) is 0 Å². The Labute approximate surface area is 196 Å². The molecule has 4 aliphatic rings. The molecule has 1 aromatic rings. The standard InChI is InChI=1S/C25H39N3O3S/c29-24(27-21-18-6-4-7-19(21)9-5-8-18)22-23(32-20-10-2-1-3-11-20)25(28-31-22)30-16-17-12-14-26-15-13-17/h17-21,26H,1-16H2,(H,27,29). The molecular formula is C25H39N3O3S. The Bertz CT molecular complexity index is 736. The van der Waals surface area contributed by atoms with Crippen LogP contribution in [0.4, 0.5) is 0 Å². The van der Waals surface area contributed by atoms with E-state index in [1.54, 1.807) is 11.8 Å². The zero-order chi connectivity index (χ0) is 21.8. The minimum absolute atomic E-state index is 0.0867. The highest BCUT2D eigenvalue weighted by Crippen LogP contribution is 2.42. The summed E-state index contributed by atoms with van der Waals surface area (Å²) in [5.74, 6) is 2.62. The average molecular weight is 462 g/mol. The summed E-state index contributed by atoms with van der Waals surface area (Å²) in [4.78, 5) is 14.2. The van der Waals surface area contributed by atoms with Crippen LogP contribution in [0.5, 0.6) is 5.88 Å². The SMILES string of the molecule is O=C(NC1C2CCCC1CCC2)c1onc(OCC2CCNCC2)c1SC1CCCCC1. The maximum absolute atomic E-state index is 13.4. The highest BCUT2D eigenvalue weighted by molar-refractivity contribution is 8.00. The van der Waals surface area contributed by atoms with E-state index in [9.17, 15) is 4.79 Å². The van der Waals surface area contributed by atoms with Crippen molar-refractivity contribution < 1.29 is 14.1 Å². The molecule has 2 bridgehead atoms. The molecule has 0 radical (unpaired) electrons. The van der Waals surface area contributed by atoms with Crippen LogP contribution in [-0.2, 0) is 0 Å². The van der Waals surface area contributed by atoms with Gasteiger partial charge in [-0.05, 0) is 87.4 Å². The van der Waals surface area contributed by atoms with Crippen LogP contribution in [0.15, 0.2) is 9.42 Å². The number of amides is 1. The largest absolute Gasteiger partial charge is 0.474 e. The van der Waals surface area contributed by atoms with Crippen LogP contribution >= 0.6 is 11.8 Å². The molecule has 1 aromatic heterocycles. The van der Waals surface area contributed by atoms with E-state index in [1.807, 2.05) is 0 Å².